The molecule has 3 aliphatic rings. The van der Waals surface area contributed by atoms with Crippen LogP contribution in [0.3, 0.4) is 0 Å². The van der Waals surface area contributed by atoms with Crippen LogP contribution >= 0.6 is 0 Å². The quantitative estimate of drug-likeness (QED) is 0.788. The first-order valence-electron chi connectivity index (χ1n) is 9.85. The summed E-state index contributed by atoms with van der Waals surface area (Å²) in [7, 11) is 0. The van der Waals surface area contributed by atoms with E-state index in [-0.39, 0.29) is 24.5 Å². The summed E-state index contributed by atoms with van der Waals surface area (Å²) in [4.78, 5) is 31.5. The van der Waals surface area contributed by atoms with Gasteiger partial charge in [0.15, 0.2) is 6.10 Å². The van der Waals surface area contributed by atoms with Crippen LogP contribution in [0.4, 0.5) is 0 Å². The van der Waals surface area contributed by atoms with Crippen LogP contribution < -0.4 is 5.32 Å². The third-order valence-corrected chi connectivity index (χ3v) is 5.58. The van der Waals surface area contributed by atoms with Crippen LogP contribution in [0.15, 0.2) is 30.6 Å². The van der Waals surface area contributed by atoms with Gasteiger partial charge in [-0.1, -0.05) is 6.07 Å². The van der Waals surface area contributed by atoms with Crippen LogP contribution in [0.5, 0.6) is 0 Å². The highest BCUT2D eigenvalue weighted by Gasteiger charge is 2.47. The molecule has 0 bridgehead atoms. The molecular weight excluding hydrogens is 358 g/mol. The van der Waals surface area contributed by atoms with Gasteiger partial charge < -0.3 is 15.0 Å². The number of ether oxygens (including phenoxy) is 1. The number of hydrogen-bond acceptors (Lipinski definition) is 5. The molecule has 146 valence electrons. The summed E-state index contributed by atoms with van der Waals surface area (Å²) in [5.41, 5.74) is 2.76. The highest BCUT2D eigenvalue weighted by molar-refractivity contribution is 5.86. The number of nitrogens with zero attached hydrogens (tertiary/aromatic N) is 3. The summed E-state index contributed by atoms with van der Waals surface area (Å²) < 4.78 is 5.71. The zero-order valence-corrected chi connectivity index (χ0v) is 15.5. The minimum atomic E-state index is -0.756. The maximum absolute atomic E-state index is 13.0. The first-order chi connectivity index (χ1) is 13.7. The maximum atomic E-state index is 13.0. The van der Waals surface area contributed by atoms with Crippen molar-refractivity contribution in [1.29, 1.82) is 0 Å². The second-order valence-corrected chi connectivity index (χ2v) is 7.81. The van der Waals surface area contributed by atoms with Gasteiger partial charge in [0.05, 0.1) is 24.0 Å². The number of H-pyrrole nitrogens is 1. The van der Waals surface area contributed by atoms with Gasteiger partial charge in [-0.15, -0.1) is 0 Å². The lowest BCUT2D eigenvalue weighted by molar-refractivity contribution is -0.165. The molecule has 0 unspecified atom stereocenters. The van der Waals surface area contributed by atoms with Crippen LogP contribution in [0.1, 0.15) is 54.6 Å². The van der Waals surface area contributed by atoms with E-state index < -0.39 is 12.1 Å². The lowest BCUT2D eigenvalue weighted by Crippen LogP contribution is -2.55. The molecule has 0 spiro atoms. The predicted octanol–water partition coefficient (Wildman–Crippen LogP) is 1.43. The Morgan fingerprint density at radius 3 is 2.89 bits per heavy atom. The normalized spacial score (nSPS) is 25.0. The molecule has 8 heteroatoms. The minimum absolute atomic E-state index is 0.0666. The Morgan fingerprint density at radius 2 is 2.18 bits per heavy atom. The van der Waals surface area contributed by atoms with E-state index in [0.717, 1.165) is 29.8 Å². The highest BCUT2D eigenvalue weighted by atomic mass is 16.5. The summed E-state index contributed by atoms with van der Waals surface area (Å²) in [6.45, 7) is 0.288. The molecule has 3 heterocycles. The van der Waals surface area contributed by atoms with Crippen molar-refractivity contribution >= 4 is 11.8 Å². The first-order valence-corrected chi connectivity index (χ1v) is 9.85. The molecule has 0 radical (unpaired) electrons. The van der Waals surface area contributed by atoms with Crippen molar-refractivity contribution in [3.8, 4) is 0 Å². The highest BCUT2D eigenvalue weighted by Crippen LogP contribution is 2.40. The van der Waals surface area contributed by atoms with E-state index in [9.17, 15) is 9.59 Å². The van der Waals surface area contributed by atoms with E-state index in [1.165, 1.54) is 12.8 Å². The minimum Gasteiger partial charge on any atom is -0.356 e. The van der Waals surface area contributed by atoms with Crippen molar-refractivity contribution in [3.63, 3.8) is 0 Å². The topological polar surface area (TPSA) is 100 Å². The van der Waals surface area contributed by atoms with Gasteiger partial charge in [-0.05, 0) is 43.4 Å². The number of aromatic nitrogens is 3. The largest absolute Gasteiger partial charge is 0.356 e. The molecule has 2 atom stereocenters. The van der Waals surface area contributed by atoms with Crippen LogP contribution in [0, 0.1) is 0 Å². The Hall–Kier alpha value is -2.74. The summed E-state index contributed by atoms with van der Waals surface area (Å²) in [6.07, 6.45) is 6.94. The number of morpholine rings is 1. The average Bonchev–Trinajstić information content (AvgIpc) is 3.65. The molecule has 2 amide bonds. The van der Waals surface area contributed by atoms with Gasteiger partial charge in [-0.2, -0.15) is 5.10 Å². The number of aromatic amines is 1. The van der Waals surface area contributed by atoms with Crippen molar-refractivity contribution in [3.05, 3.63) is 47.5 Å². The summed E-state index contributed by atoms with van der Waals surface area (Å²) in [6, 6.07) is 5.46. The van der Waals surface area contributed by atoms with Crippen molar-refractivity contribution in [2.24, 2.45) is 0 Å². The summed E-state index contributed by atoms with van der Waals surface area (Å²) in [5.74, 6) is 0.271. The van der Waals surface area contributed by atoms with E-state index in [0.29, 0.717) is 12.5 Å². The summed E-state index contributed by atoms with van der Waals surface area (Å²) >= 11 is 0. The zero-order valence-electron chi connectivity index (χ0n) is 15.5. The van der Waals surface area contributed by atoms with Crippen molar-refractivity contribution in [2.45, 2.75) is 56.3 Å². The lowest BCUT2D eigenvalue weighted by Gasteiger charge is -2.40. The van der Waals surface area contributed by atoms with Crippen LogP contribution in [-0.4, -0.2) is 50.6 Å². The standard InChI is InChI=1S/C20H23N5O3/c26-17-11-28-19(18(25(17)15-5-6-15)13-2-1-7-21-9-13)20(27)22-10-14-8-16(24-23-14)12-3-4-12/h1-2,7-9,12,15,18-19H,3-6,10-11H2,(H,22,27)(H,23,24)/t18-,19+/m1/s1. The van der Waals surface area contributed by atoms with Gasteiger partial charge in [0, 0.05) is 24.4 Å². The van der Waals surface area contributed by atoms with Crippen LogP contribution in [0.2, 0.25) is 0 Å². The monoisotopic (exact) mass is 381 g/mol. The average molecular weight is 381 g/mol. The molecule has 1 saturated heterocycles. The number of amides is 2. The molecule has 2 aromatic heterocycles. The SMILES string of the molecule is O=C(NCc1cc(C2CC2)n[nH]1)[C@H]1OCC(=O)N(C2CC2)[C@@H]1c1cccnc1. The van der Waals surface area contributed by atoms with E-state index in [2.05, 4.69) is 20.5 Å². The predicted molar refractivity (Wildman–Crippen MR) is 99.0 cm³/mol. The molecule has 2 saturated carbocycles. The van der Waals surface area contributed by atoms with E-state index in [4.69, 9.17) is 4.74 Å². The van der Waals surface area contributed by atoms with Gasteiger partial charge in [0.1, 0.15) is 6.61 Å². The fourth-order valence-electron chi connectivity index (χ4n) is 3.86. The van der Waals surface area contributed by atoms with Crippen molar-refractivity contribution < 1.29 is 14.3 Å². The fourth-order valence-corrected chi connectivity index (χ4v) is 3.86. The Bertz CT molecular complexity index is 875. The molecule has 0 aromatic carbocycles. The van der Waals surface area contributed by atoms with Gasteiger partial charge in [-0.25, -0.2) is 0 Å². The molecule has 2 aromatic rings. The van der Waals surface area contributed by atoms with Gasteiger partial charge in [-0.3, -0.25) is 19.7 Å². The smallest absolute Gasteiger partial charge is 0.252 e. The number of nitrogens with one attached hydrogen (secondary N) is 2. The number of carbonyl (C=O) groups excluding carboxylic acids is 2. The Morgan fingerprint density at radius 1 is 1.32 bits per heavy atom. The molecule has 2 N–H and O–H groups in total. The molecule has 2 aliphatic carbocycles. The second-order valence-electron chi connectivity index (χ2n) is 7.81. The van der Waals surface area contributed by atoms with Crippen molar-refractivity contribution in [1.82, 2.24) is 25.4 Å². The van der Waals surface area contributed by atoms with E-state index in [1.807, 2.05) is 23.1 Å². The number of pyridine rings is 1. The molecule has 3 fully saturated rings. The maximum Gasteiger partial charge on any atom is 0.252 e. The second kappa shape index (κ2) is 7.01. The van der Waals surface area contributed by atoms with Gasteiger partial charge >= 0.3 is 0 Å². The third-order valence-electron chi connectivity index (χ3n) is 5.58. The van der Waals surface area contributed by atoms with Crippen LogP contribution in [0.25, 0.3) is 0 Å². The fraction of sp³-hybridized carbons (Fsp3) is 0.500. The number of rotatable bonds is 6. The van der Waals surface area contributed by atoms with E-state index >= 15 is 0 Å². The molecular formula is C20H23N5O3. The van der Waals surface area contributed by atoms with Gasteiger partial charge in [0.2, 0.25) is 5.91 Å². The van der Waals surface area contributed by atoms with Crippen LogP contribution in [-0.2, 0) is 20.9 Å². The summed E-state index contributed by atoms with van der Waals surface area (Å²) in [5, 5.41) is 10.3. The molecule has 28 heavy (non-hydrogen) atoms. The lowest BCUT2D eigenvalue weighted by atomic mass is 9.98. The Balaban J connectivity index is 1.33. The van der Waals surface area contributed by atoms with Crippen molar-refractivity contribution in [2.75, 3.05) is 6.61 Å². The molecule has 1 aliphatic heterocycles. The van der Waals surface area contributed by atoms with Gasteiger partial charge in [0.25, 0.3) is 5.91 Å². The Kier molecular flexibility index (Phi) is 4.35. The zero-order chi connectivity index (χ0) is 19.1. The van der Waals surface area contributed by atoms with E-state index in [1.54, 1.807) is 12.4 Å². The Labute approximate surface area is 162 Å². The third kappa shape index (κ3) is 3.40. The molecule has 8 nitrogen and oxygen atoms in total. The number of carbonyl (C=O) groups is 2. The first kappa shape index (κ1) is 17.4. The number of hydrogen-bond donors (Lipinski definition) is 2. The molecule has 5 rings (SSSR count).